The fourth-order valence-electron chi connectivity index (χ4n) is 12.2. The smallest absolute Gasteiger partial charge is 0.252 e. The van der Waals surface area contributed by atoms with Crippen molar-refractivity contribution in [2.75, 3.05) is 9.80 Å². The second-order valence-electron chi connectivity index (χ2n) is 23.7. The van der Waals surface area contributed by atoms with E-state index in [-0.39, 0.29) is 33.8 Å². The Morgan fingerprint density at radius 2 is 1.02 bits per heavy atom. The van der Waals surface area contributed by atoms with Crippen LogP contribution < -0.4 is 26.2 Å². The number of benzene rings is 7. The van der Waals surface area contributed by atoms with Gasteiger partial charge in [0, 0.05) is 38.1 Å². The maximum Gasteiger partial charge on any atom is 0.252 e. The van der Waals surface area contributed by atoms with Crippen LogP contribution in [0.2, 0.25) is 0 Å². The molecule has 3 heteroatoms. The van der Waals surface area contributed by atoms with Crippen molar-refractivity contribution in [2.24, 2.45) is 0 Å². The van der Waals surface area contributed by atoms with E-state index in [1.165, 1.54) is 38.7 Å². The van der Waals surface area contributed by atoms with E-state index in [2.05, 4.69) is 213 Å². The third-order valence-electron chi connectivity index (χ3n) is 16.4. The van der Waals surface area contributed by atoms with Crippen molar-refractivity contribution in [3.63, 3.8) is 0 Å². The van der Waals surface area contributed by atoms with Gasteiger partial charge in [0.1, 0.15) is 0 Å². The molecular formula is C63H67BN2. The Hall–Kier alpha value is -5.80. The number of rotatable bonds is 4. The molecule has 2 aliphatic carbocycles. The molecule has 66 heavy (non-hydrogen) atoms. The average molecular weight is 866 g/mol. The van der Waals surface area contributed by atoms with E-state index in [9.17, 15) is 4.11 Å². The summed E-state index contributed by atoms with van der Waals surface area (Å²) in [6.07, 6.45) is 4.44. The molecule has 0 saturated carbocycles. The van der Waals surface area contributed by atoms with E-state index in [1.807, 2.05) is 12.1 Å². The average Bonchev–Trinajstić information content (AvgIpc) is 3.31. The highest BCUT2D eigenvalue weighted by molar-refractivity contribution is 7.00. The molecule has 0 N–H and O–H groups in total. The normalized spacial score (nSPS) is 19.0. The zero-order valence-corrected chi connectivity index (χ0v) is 41.1. The van der Waals surface area contributed by atoms with Crippen molar-refractivity contribution in [3.05, 3.63) is 173 Å². The molecule has 0 spiro atoms. The lowest BCUT2D eigenvalue weighted by Crippen LogP contribution is -2.62. The Balaban J connectivity index is 1.29. The van der Waals surface area contributed by atoms with Gasteiger partial charge in [-0.2, -0.15) is 0 Å². The Bertz CT molecular complexity index is 3210. The first-order chi connectivity index (χ1) is 32.4. The molecule has 0 unspecified atom stereocenters. The summed E-state index contributed by atoms with van der Waals surface area (Å²) in [6, 6.07) is 51.7. The molecule has 4 aliphatic rings. The van der Waals surface area contributed by atoms with Crippen LogP contribution in [0.3, 0.4) is 0 Å². The van der Waals surface area contributed by atoms with Gasteiger partial charge in [0.2, 0.25) is 0 Å². The van der Waals surface area contributed by atoms with E-state index < -0.39 is 6.85 Å². The van der Waals surface area contributed by atoms with E-state index >= 15 is 0 Å². The second-order valence-corrected chi connectivity index (χ2v) is 23.7. The first-order valence-electron chi connectivity index (χ1n) is 26.0. The molecule has 332 valence electrons. The van der Waals surface area contributed by atoms with Crippen molar-refractivity contribution in [2.45, 2.75) is 136 Å². The van der Waals surface area contributed by atoms with Gasteiger partial charge in [0.15, 0.2) is 0 Å². The van der Waals surface area contributed by atoms with Crippen LogP contribution in [-0.4, -0.2) is 6.71 Å². The molecule has 0 saturated heterocycles. The maximum atomic E-state index is 9.22. The molecule has 0 atom stereocenters. The number of aryl methyl sites for hydroxylation is 1. The minimum absolute atomic E-state index is 0.0247. The molecule has 2 nitrogen and oxygen atoms in total. The predicted molar refractivity (Wildman–Crippen MR) is 285 cm³/mol. The monoisotopic (exact) mass is 866 g/mol. The third kappa shape index (κ3) is 6.65. The van der Waals surface area contributed by atoms with Crippen molar-refractivity contribution in [1.82, 2.24) is 0 Å². The molecule has 2 aliphatic heterocycles. The number of fused-ring (bicyclic) bond motifs is 6. The number of nitrogens with zero attached hydrogens (tertiary/aromatic N) is 2. The van der Waals surface area contributed by atoms with Crippen molar-refractivity contribution < 1.29 is 4.11 Å². The van der Waals surface area contributed by atoms with Gasteiger partial charge in [0.25, 0.3) is 6.71 Å². The molecule has 7 aromatic carbocycles. The lowest BCUT2D eigenvalue weighted by Gasteiger charge is -2.48. The van der Waals surface area contributed by atoms with Crippen molar-refractivity contribution in [1.29, 1.82) is 0 Å². The van der Waals surface area contributed by atoms with Crippen molar-refractivity contribution in [3.8, 4) is 22.3 Å². The molecule has 2 heterocycles. The van der Waals surface area contributed by atoms with Gasteiger partial charge >= 0.3 is 0 Å². The molecule has 0 fully saturated rings. The molecule has 7 aromatic rings. The van der Waals surface area contributed by atoms with Gasteiger partial charge < -0.3 is 9.80 Å². The number of anilines is 6. The van der Waals surface area contributed by atoms with Crippen molar-refractivity contribution >= 4 is 57.2 Å². The van der Waals surface area contributed by atoms with Gasteiger partial charge in [-0.05, 0) is 175 Å². The number of hydrogen-bond donors (Lipinski definition) is 0. The van der Waals surface area contributed by atoms with Crippen LogP contribution in [0.25, 0.3) is 22.3 Å². The third-order valence-corrected chi connectivity index (χ3v) is 16.4. The van der Waals surface area contributed by atoms with Crippen LogP contribution in [0.5, 0.6) is 0 Å². The zero-order valence-electron chi connectivity index (χ0n) is 44.1. The minimum Gasteiger partial charge on any atom is -0.311 e. The summed E-state index contributed by atoms with van der Waals surface area (Å²) in [5, 5.41) is 0. The van der Waals surface area contributed by atoms with Crippen LogP contribution >= 0.6 is 0 Å². The van der Waals surface area contributed by atoms with Crippen LogP contribution in [0.15, 0.2) is 140 Å². The van der Waals surface area contributed by atoms with Gasteiger partial charge in [-0.3, -0.25) is 0 Å². The largest absolute Gasteiger partial charge is 0.311 e. The van der Waals surface area contributed by atoms with Gasteiger partial charge in [-0.1, -0.05) is 167 Å². The molecular weight excluding hydrogens is 796 g/mol. The fourth-order valence-corrected chi connectivity index (χ4v) is 12.2. The Morgan fingerprint density at radius 3 is 1.64 bits per heavy atom. The number of hydrogen-bond acceptors (Lipinski definition) is 2. The lowest BCUT2D eigenvalue weighted by molar-refractivity contribution is 0.332. The Kier molecular flexibility index (Phi) is 8.71. The van der Waals surface area contributed by atoms with Crippen LogP contribution in [0.4, 0.5) is 34.1 Å². The topological polar surface area (TPSA) is 6.48 Å². The maximum absolute atomic E-state index is 9.22. The van der Waals surface area contributed by atoms with E-state index in [1.54, 1.807) is 0 Å². The van der Waals surface area contributed by atoms with E-state index in [4.69, 9.17) is 0 Å². The minimum atomic E-state index is -2.38. The molecule has 0 radical (unpaired) electrons. The summed E-state index contributed by atoms with van der Waals surface area (Å²) in [4.78, 5) is 4.90. The lowest BCUT2D eigenvalue weighted by atomic mass is 9.33. The molecule has 0 aromatic heterocycles. The van der Waals surface area contributed by atoms with E-state index in [0.717, 1.165) is 87.5 Å². The summed E-state index contributed by atoms with van der Waals surface area (Å²) in [7, 11) is 0. The molecule has 0 bridgehead atoms. The summed E-state index contributed by atoms with van der Waals surface area (Å²) in [5.41, 5.74) is 21.3. The van der Waals surface area contributed by atoms with Crippen LogP contribution in [0, 0.1) is 6.85 Å². The Morgan fingerprint density at radius 1 is 0.455 bits per heavy atom. The first kappa shape index (κ1) is 39.4. The second kappa shape index (κ2) is 14.6. The van der Waals surface area contributed by atoms with E-state index in [0.29, 0.717) is 5.56 Å². The summed E-state index contributed by atoms with van der Waals surface area (Å²) >= 11 is 0. The van der Waals surface area contributed by atoms with Gasteiger partial charge in [0.05, 0.1) is 5.69 Å². The molecule has 0 amide bonds. The Labute approximate surface area is 400 Å². The first-order valence-corrected chi connectivity index (χ1v) is 24.5. The molecule has 11 rings (SSSR count). The van der Waals surface area contributed by atoms with Crippen LogP contribution in [0.1, 0.15) is 139 Å². The predicted octanol–water partition coefficient (Wildman–Crippen LogP) is 15.4. The summed E-state index contributed by atoms with van der Waals surface area (Å²) in [6.45, 7) is 23.5. The summed E-state index contributed by atoms with van der Waals surface area (Å²) < 4.78 is 27.7. The summed E-state index contributed by atoms with van der Waals surface area (Å²) in [5.74, 6) is 0. The fraction of sp³-hybridized carbons (Fsp3) is 0.333. The van der Waals surface area contributed by atoms with Crippen LogP contribution in [-0.2, 0) is 27.1 Å². The highest BCUT2D eigenvalue weighted by Gasteiger charge is 2.47. The SMILES string of the molecule is [2H]C([2H])([2H])c1cc2c3c(c1)N(c1ccc(C(C)(C)C)cc1-c1ccccc1)c1cc(-c4ccccc4)ccc1B3c1cc3c(cc1N2c1ccc2c(c1)C(C)(C)CCC2(C)C)C(C)(C)CCC3(C)C. The van der Waals surface area contributed by atoms with Gasteiger partial charge in [-0.15, -0.1) is 0 Å². The highest BCUT2D eigenvalue weighted by atomic mass is 15.2. The zero-order chi connectivity index (χ0) is 48.8. The van der Waals surface area contributed by atoms with Gasteiger partial charge in [-0.25, -0.2) is 0 Å². The standard InChI is InChI=1S/C63H67BN2/c1-40-33-56-58-57(34-40)66(53-28-24-44(59(2,3)4)36-46(53)42-21-17-14-18-22-42)54-35-43(41-19-15-13-16-20-41)23-27-51(54)64(58)52-38-49-50(63(11,12)32-31-62(49,9)10)39-55(52)65(56)45-25-26-47-48(37-45)61(7,8)30-29-60(47,5)6/h13-28,33-39H,29-32H2,1-12H3/i1D3. The quantitative estimate of drug-likeness (QED) is 0.163. The highest BCUT2D eigenvalue weighted by Crippen LogP contribution is 2.53.